The Morgan fingerprint density at radius 3 is 2.62 bits per heavy atom. The highest BCUT2D eigenvalue weighted by Crippen LogP contribution is 2.43. The van der Waals surface area contributed by atoms with E-state index in [-0.39, 0.29) is 12.0 Å². The molecule has 0 aliphatic rings. The van der Waals surface area contributed by atoms with Gasteiger partial charge in [-0.25, -0.2) is 4.79 Å². The van der Waals surface area contributed by atoms with Gasteiger partial charge in [-0.3, -0.25) is 0 Å². The molecule has 0 fully saturated rings. The van der Waals surface area contributed by atoms with Gasteiger partial charge in [0.25, 0.3) is 5.60 Å². The van der Waals surface area contributed by atoms with Crippen LogP contribution >= 0.6 is 0 Å². The number of alkyl halides is 3. The number of nitrogens with one attached hydrogen (secondary N) is 1. The Morgan fingerprint density at radius 1 is 1.38 bits per heavy atom. The number of hydrogen-bond donors (Lipinski definition) is 2. The predicted molar refractivity (Wildman–Crippen MR) is 69.6 cm³/mol. The number of aliphatic hydroxyl groups is 1. The molecule has 7 heteroatoms. The number of aromatic nitrogens is 1. The number of aromatic amines is 1. The van der Waals surface area contributed by atoms with E-state index < -0.39 is 23.3 Å². The van der Waals surface area contributed by atoms with Gasteiger partial charge in [0, 0.05) is 22.7 Å². The molecule has 2 N–H and O–H groups in total. The lowest BCUT2D eigenvalue weighted by Gasteiger charge is -2.27. The second kappa shape index (κ2) is 5.07. The quantitative estimate of drug-likeness (QED) is 0.857. The minimum absolute atomic E-state index is 0.128. The number of fused-ring (bicyclic) bond motifs is 1. The first-order valence-electron chi connectivity index (χ1n) is 6.27. The number of hydrogen-bond acceptors (Lipinski definition) is 3. The van der Waals surface area contributed by atoms with Crippen LogP contribution in [0.4, 0.5) is 13.2 Å². The number of benzene rings is 1. The highest BCUT2D eigenvalue weighted by Gasteiger charge is 2.63. The summed E-state index contributed by atoms with van der Waals surface area (Å²) >= 11 is 0. The highest BCUT2D eigenvalue weighted by molar-refractivity contribution is 5.93. The van der Waals surface area contributed by atoms with Crippen molar-refractivity contribution in [2.75, 3.05) is 6.61 Å². The van der Waals surface area contributed by atoms with Crippen LogP contribution < -0.4 is 0 Å². The Morgan fingerprint density at radius 2 is 2.05 bits per heavy atom. The summed E-state index contributed by atoms with van der Waals surface area (Å²) in [5, 5.41) is 10.2. The first-order chi connectivity index (χ1) is 9.73. The van der Waals surface area contributed by atoms with Crippen LogP contribution in [0, 0.1) is 6.92 Å². The molecule has 0 spiro atoms. The normalized spacial score (nSPS) is 15.0. The standard InChI is InChI=1S/C14H14F3NO3/c1-3-21-12(19)13(20,14(15,16)17)10-7-18-11-8(2)5-4-6-9(10)11/h4-7,18,20H,3H2,1-2H3/t13-/m1/s1. The average Bonchev–Trinajstić information content (AvgIpc) is 2.82. The zero-order valence-corrected chi connectivity index (χ0v) is 11.4. The van der Waals surface area contributed by atoms with E-state index in [0.29, 0.717) is 11.1 Å². The summed E-state index contributed by atoms with van der Waals surface area (Å²) < 4.78 is 44.3. The molecular formula is C14H14F3NO3. The van der Waals surface area contributed by atoms with Gasteiger partial charge in [0.15, 0.2) is 0 Å². The van der Waals surface area contributed by atoms with E-state index in [1.165, 1.54) is 13.0 Å². The van der Waals surface area contributed by atoms with Crippen LogP contribution in [-0.4, -0.2) is 28.8 Å². The third-order valence-electron chi connectivity index (χ3n) is 3.29. The number of carbonyl (C=O) groups is 1. The molecule has 1 atom stereocenters. The molecule has 1 aromatic carbocycles. The van der Waals surface area contributed by atoms with Crippen molar-refractivity contribution in [3.63, 3.8) is 0 Å². The Bertz CT molecular complexity index is 678. The fourth-order valence-electron chi connectivity index (χ4n) is 2.22. The number of rotatable bonds is 3. The number of ether oxygens (including phenoxy) is 1. The van der Waals surface area contributed by atoms with Gasteiger partial charge < -0.3 is 14.8 Å². The topological polar surface area (TPSA) is 62.3 Å². The molecule has 114 valence electrons. The van der Waals surface area contributed by atoms with Gasteiger partial charge in [-0.05, 0) is 19.4 Å². The minimum Gasteiger partial charge on any atom is -0.463 e. The van der Waals surface area contributed by atoms with Crippen molar-refractivity contribution < 1.29 is 27.8 Å². The van der Waals surface area contributed by atoms with E-state index in [1.54, 1.807) is 19.1 Å². The lowest BCUT2D eigenvalue weighted by atomic mass is 9.92. The molecule has 0 aliphatic carbocycles. The number of esters is 1. The smallest absolute Gasteiger partial charge is 0.432 e. The van der Waals surface area contributed by atoms with Crippen LogP contribution in [-0.2, 0) is 15.1 Å². The van der Waals surface area contributed by atoms with E-state index in [1.807, 2.05) is 0 Å². The van der Waals surface area contributed by atoms with Gasteiger partial charge in [-0.1, -0.05) is 18.2 Å². The first kappa shape index (κ1) is 15.4. The molecule has 0 amide bonds. The number of halogens is 3. The first-order valence-corrected chi connectivity index (χ1v) is 6.27. The molecule has 0 aliphatic heterocycles. The molecule has 1 aromatic heterocycles. The van der Waals surface area contributed by atoms with Gasteiger partial charge in [0.1, 0.15) is 0 Å². The molecule has 4 nitrogen and oxygen atoms in total. The number of H-pyrrole nitrogens is 1. The maximum atomic E-state index is 13.3. The summed E-state index contributed by atoms with van der Waals surface area (Å²) in [4.78, 5) is 14.4. The molecule has 0 radical (unpaired) electrons. The number of carbonyl (C=O) groups excluding carboxylic acids is 1. The molecule has 0 saturated carbocycles. The maximum Gasteiger partial charge on any atom is 0.432 e. The van der Waals surface area contributed by atoms with Crippen LogP contribution in [0.25, 0.3) is 10.9 Å². The number of para-hydroxylation sites is 1. The average molecular weight is 301 g/mol. The summed E-state index contributed by atoms with van der Waals surface area (Å²) in [5.74, 6) is -1.74. The van der Waals surface area contributed by atoms with Crippen LogP contribution in [0.1, 0.15) is 18.1 Å². The van der Waals surface area contributed by atoms with Gasteiger partial charge in [-0.2, -0.15) is 13.2 Å². The maximum absolute atomic E-state index is 13.3. The second-order valence-electron chi connectivity index (χ2n) is 4.63. The zero-order valence-electron chi connectivity index (χ0n) is 11.4. The largest absolute Gasteiger partial charge is 0.463 e. The second-order valence-corrected chi connectivity index (χ2v) is 4.63. The van der Waals surface area contributed by atoms with Gasteiger partial charge in [-0.15, -0.1) is 0 Å². The molecule has 21 heavy (non-hydrogen) atoms. The van der Waals surface area contributed by atoms with Crippen LogP contribution in [0.15, 0.2) is 24.4 Å². The van der Waals surface area contributed by atoms with E-state index >= 15 is 0 Å². The fourth-order valence-corrected chi connectivity index (χ4v) is 2.22. The summed E-state index contributed by atoms with van der Waals surface area (Å²) in [7, 11) is 0. The van der Waals surface area contributed by atoms with E-state index in [0.717, 1.165) is 6.20 Å². The zero-order chi connectivity index (χ0) is 15.8. The Balaban J connectivity index is 2.71. The summed E-state index contributed by atoms with van der Waals surface area (Å²) in [6.07, 6.45) is -4.21. The SMILES string of the molecule is CCOC(=O)[C@](O)(c1c[nH]c2c(C)cccc12)C(F)(F)F. The number of aryl methyl sites for hydroxylation is 1. The van der Waals surface area contributed by atoms with E-state index in [9.17, 15) is 23.1 Å². The molecule has 0 bridgehead atoms. The molecular weight excluding hydrogens is 287 g/mol. The van der Waals surface area contributed by atoms with Gasteiger partial charge in [0.05, 0.1) is 6.61 Å². The molecule has 2 rings (SSSR count). The summed E-state index contributed by atoms with van der Waals surface area (Å²) in [5.41, 5.74) is -3.13. The predicted octanol–water partition coefficient (Wildman–Crippen LogP) is 2.79. The van der Waals surface area contributed by atoms with Crippen molar-refractivity contribution in [2.45, 2.75) is 25.6 Å². The Hall–Kier alpha value is -2.02. The molecule has 1 heterocycles. The van der Waals surface area contributed by atoms with Crippen molar-refractivity contribution in [1.82, 2.24) is 4.98 Å². The summed E-state index contributed by atoms with van der Waals surface area (Å²) in [6, 6.07) is 4.67. The third-order valence-corrected chi connectivity index (χ3v) is 3.29. The van der Waals surface area contributed by atoms with E-state index in [4.69, 9.17) is 0 Å². The van der Waals surface area contributed by atoms with Gasteiger partial charge >= 0.3 is 12.1 Å². The van der Waals surface area contributed by atoms with Crippen LogP contribution in [0.2, 0.25) is 0 Å². The Kier molecular flexibility index (Phi) is 3.71. The van der Waals surface area contributed by atoms with Crippen molar-refractivity contribution >= 4 is 16.9 Å². The molecule has 0 saturated heterocycles. The van der Waals surface area contributed by atoms with Crippen molar-refractivity contribution in [2.24, 2.45) is 0 Å². The van der Waals surface area contributed by atoms with Crippen LogP contribution in [0.5, 0.6) is 0 Å². The fraction of sp³-hybridized carbons (Fsp3) is 0.357. The molecule has 0 unspecified atom stereocenters. The van der Waals surface area contributed by atoms with Crippen molar-refractivity contribution in [1.29, 1.82) is 0 Å². The van der Waals surface area contributed by atoms with Crippen molar-refractivity contribution in [3.05, 3.63) is 35.5 Å². The summed E-state index contributed by atoms with van der Waals surface area (Å²) in [6.45, 7) is 2.81. The van der Waals surface area contributed by atoms with Crippen molar-refractivity contribution in [3.8, 4) is 0 Å². The lowest BCUT2D eigenvalue weighted by Crippen LogP contribution is -2.50. The van der Waals surface area contributed by atoms with Gasteiger partial charge in [0.2, 0.25) is 0 Å². The molecule has 2 aromatic rings. The Labute approximate surface area is 118 Å². The lowest BCUT2D eigenvalue weighted by molar-refractivity contribution is -0.267. The van der Waals surface area contributed by atoms with Crippen LogP contribution in [0.3, 0.4) is 0 Å². The third kappa shape index (κ3) is 2.27. The highest BCUT2D eigenvalue weighted by atomic mass is 19.4. The monoisotopic (exact) mass is 301 g/mol. The minimum atomic E-state index is -5.20. The van der Waals surface area contributed by atoms with E-state index in [2.05, 4.69) is 9.72 Å².